The van der Waals surface area contributed by atoms with E-state index in [4.69, 9.17) is 4.74 Å². The van der Waals surface area contributed by atoms with Crippen LogP contribution in [-0.2, 0) is 14.8 Å². The summed E-state index contributed by atoms with van der Waals surface area (Å²) in [4.78, 5) is 14.9. The molecule has 3 aromatic carbocycles. The molecule has 2 N–H and O–H groups in total. The number of nitrogens with zero attached hydrogens (tertiary/aromatic N) is 1. The van der Waals surface area contributed by atoms with Gasteiger partial charge >= 0.3 is 0 Å². The standard InChI is InChI=1S/C24H25N3O4S/c1-18-4-2-3-5-23(18)26-32(29,30)22-12-8-20(9-13-22)25-24(28)19-6-10-21(11-7-19)27-14-16-31-17-15-27/h2-13,26H,14-17H2,1H3,(H,25,28). The lowest BCUT2D eigenvalue weighted by Gasteiger charge is -2.28. The molecule has 4 rings (SSSR count). The topological polar surface area (TPSA) is 87.7 Å². The number of carbonyl (C=O) groups excluding carboxylic acids is 1. The van der Waals surface area contributed by atoms with Crippen molar-refractivity contribution in [3.8, 4) is 0 Å². The van der Waals surface area contributed by atoms with E-state index in [0.29, 0.717) is 30.2 Å². The molecular weight excluding hydrogens is 426 g/mol. The van der Waals surface area contributed by atoms with Crippen molar-refractivity contribution >= 4 is 33.0 Å². The zero-order valence-corrected chi connectivity index (χ0v) is 18.6. The van der Waals surface area contributed by atoms with Gasteiger partial charge in [-0.1, -0.05) is 18.2 Å². The van der Waals surface area contributed by atoms with Crippen molar-refractivity contribution in [1.82, 2.24) is 0 Å². The second-order valence-corrected chi connectivity index (χ2v) is 9.23. The van der Waals surface area contributed by atoms with Crippen LogP contribution in [0.4, 0.5) is 17.1 Å². The minimum atomic E-state index is -3.73. The number of carbonyl (C=O) groups is 1. The summed E-state index contributed by atoms with van der Waals surface area (Å²) in [5.41, 5.74) is 3.47. The minimum absolute atomic E-state index is 0.119. The highest BCUT2D eigenvalue weighted by atomic mass is 32.2. The van der Waals surface area contributed by atoms with Crippen LogP contribution in [0.3, 0.4) is 0 Å². The highest BCUT2D eigenvalue weighted by molar-refractivity contribution is 7.92. The van der Waals surface area contributed by atoms with Gasteiger partial charge in [-0.15, -0.1) is 0 Å². The van der Waals surface area contributed by atoms with Gasteiger partial charge in [-0.2, -0.15) is 0 Å². The minimum Gasteiger partial charge on any atom is -0.378 e. The number of ether oxygens (including phenoxy) is 1. The monoisotopic (exact) mass is 451 g/mol. The van der Waals surface area contributed by atoms with E-state index in [1.54, 1.807) is 36.4 Å². The van der Waals surface area contributed by atoms with Crippen molar-refractivity contribution in [3.05, 3.63) is 83.9 Å². The molecule has 166 valence electrons. The summed E-state index contributed by atoms with van der Waals surface area (Å²) >= 11 is 0. The molecule has 1 saturated heterocycles. The van der Waals surface area contributed by atoms with E-state index in [1.165, 1.54) is 12.1 Å². The van der Waals surface area contributed by atoms with E-state index in [-0.39, 0.29) is 10.8 Å². The van der Waals surface area contributed by atoms with Crippen LogP contribution in [0, 0.1) is 6.92 Å². The number of nitrogens with one attached hydrogen (secondary N) is 2. The lowest BCUT2D eigenvalue weighted by atomic mass is 10.1. The van der Waals surface area contributed by atoms with Crippen LogP contribution in [-0.4, -0.2) is 40.6 Å². The third kappa shape index (κ3) is 5.09. The molecule has 1 heterocycles. The Labute approximate surface area is 188 Å². The summed E-state index contributed by atoms with van der Waals surface area (Å²) in [7, 11) is -3.73. The zero-order chi connectivity index (χ0) is 22.6. The van der Waals surface area contributed by atoms with Gasteiger partial charge in [0.25, 0.3) is 15.9 Å². The van der Waals surface area contributed by atoms with E-state index < -0.39 is 10.0 Å². The number of anilines is 3. The molecule has 32 heavy (non-hydrogen) atoms. The average molecular weight is 452 g/mol. The maximum Gasteiger partial charge on any atom is 0.261 e. The van der Waals surface area contributed by atoms with Crippen LogP contribution in [0.25, 0.3) is 0 Å². The van der Waals surface area contributed by atoms with E-state index >= 15 is 0 Å². The molecule has 0 radical (unpaired) electrons. The molecule has 0 aliphatic carbocycles. The largest absolute Gasteiger partial charge is 0.378 e. The van der Waals surface area contributed by atoms with Crippen LogP contribution in [0.5, 0.6) is 0 Å². The number of para-hydroxylation sites is 1. The molecule has 7 nitrogen and oxygen atoms in total. The van der Waals surface area contributed by atoms with Gasteiger partial charge < -0.3 is 15.0 Å². The first-order chi connectivity index (χ1) is 15.4. The summed E-state index contributed by atoms with van der Waals surface area (Å²) in [6, 6.07) is 20.7. The molecule has 0 bridgehead atoms. The Morgan fingerprint density at radius 2 is 1.56 bits per heavy atom. The molecule has 1 aliphatic heterocycles. The second-order valence-electron chi connectivity index (χ2n) is 7.55. The maximum atomic E-state index is 12.7. The molecule has 0 aromatic heterocycles. The van der Waals surface area contributed by atoms with Gasteiger partial charge in [0, 0.05) is 30.0 Å². The Balaban J connectivity index is 1.41. The summed E-state index contributed by atoms with van der Waals surface area (Å²) in [6.45, 7) is 4.91. The van der Waals surface area contributed by atoms with E-state index in [0.717, 1.165) is 24.3 Å². The number of morpholine rings is 1. The average Bonchev–Trinajstić information content (AvgIpc) is 2.81. The van der Waals surface area contributed by atoms with Gasteiger partial charge in [0.1, 0.15) is 0 Å². The molecular formula is C24H25N3O4S. The fraction of sp³-hybridized carbons (Fsp3) is 0.208. The molecule has 0 saturated carbocycles. The molecule has 0 atom stereocenters. The molecule has 3 aromatic rings. The number of rotatable bonds is 6. The Kier molecular flexibility index (Phi) is 6.43. The van der Waals surface area contributed by atoms with Crippen molar-refractivity contribution in [2.75, 3.05) is 41.2 Å². The molecule has 8 heteroatoms. The fourth-order valence-corrected chi connectivity index (χ4v) is 4.59. The SMILES string of the molecule is Cc1ccccc1NS(=O)(=O)c1ccc(NC(=O)c2ccc(N3CCOCC3)cc2)cc1. The molecule has 0 unspecified atom stereocenters. The normalized spacial score (nSPS) is 14.1. The molecule has 1 aliphatic rings. The predicted octanol–water partition coefficient (Wildman–Crippen LogP) is 3.88. The first-order valence-corrected chi connectivity index (χ1v) is 11.8. The molecule has 1 amide bonds. The first kappa shape index (κ1) is 21.9. The number of benzene rings is 3. The summed E-state index contributed by atoms with van der Waals surface area (Å²) in [5.74, 6) is -0.257. The first-order valence-electron chi connectivity index (χ1n) is 10.3. The second kappa shape index (κ2) is 9.42. The Hall–Kier alpha value is -3.36. The van der Waals surface area contributed by atoms with Crippen molar-refractivity contribution in [1.29, 1.82) is 0 Å². The van der Waals surface area contributed by atoms with Crippen molar-refractivity contribution < 1.29 is 17.9 Å². The van der Waals surface area contributed by atoms with Crippen molar-refractivity contribution in [2.24, 2.45) is 0 Å². The van der Waals surface area contributed by atoms with Gasteiger partial charge in [-0.3, -0.25) is 9.52 Å². The highest BCUT2D eigenvalue weighted by Crippen LogP contribution is 2.21. The van der Waals surface area contributed by atoms with Crippen molar-refractivity contribution in [2.45, 2.75) is 11.8 Å². The van der Waals surface area contributed by atoms with E-state index in [9.17, 15) is 13.2 Å². The number of hydrogen-bond acceptors (Lipinski definition) is 5. The third-order valence-electron chi connectivity index (χ3n) is 5.32. The van der Waals surface area contributed by atoms with Crippen molar-refractivity contribution in [3.63, 3.8) is 0 Å². The van der Waals surface area contributed by atoms with Gasteiger partial charge in [-0.25, -0.2) is 8.42 Å². The van der Waals surface area contributed by atoms with Gasteiger partial charge in [0.2, 0.25) is 0 Å². The van der Waals surface area contributed by atoms with Gasteiger partial charge in [0.15, 0.2) is 0 Å². The summed E-state index contributed by atoms with van der Waals surface area (Å²) in [6.07, 6.45) is 0. The van der Waals surface area contributed by atoms with Crippen LogP contribution in [0.1, 0.15) is 15.9 Å². The van der Waals surface area contributed by atoms with Crippen LogP contribution in [0.2, 0.25) is 0 Å². The number of hydrogen-bond donors (Lipinski definition) is 2. The zero-order valence-electron chi connectivity index (χ0n) is 17.7. The Morgan fingerprint density at radius 3 is 2.22 bits per heavy atom. The number of aryl methyl sites for hydroxylation is 1. The fourth-order valence-electron chi connectivity index (χ4n) is 3.46. The highest BCUT2D eigenvalue weighted by Gasteiger charge is 2.16. The Bertz CT molecular complexity index is 1190. The van der Waals surface area contributed by atoms with E-state index in [1.807, 2.05) is 31.2 Å². The predicted molar refractivity (Wildman–Crippen MR) is 126 cm³/mol. The lowest BCUT2D eigenvalue weighted by Crippen LogP contribution is -2.36. The lowest BCUT2D eigenvalue weighted by molar-refractivity contribution is 0.102. The van der Waals surface area contributed by atoms with Crippen LogP contribution < -0.4 is 14.9 Å². The number of amides is 1. The molecule has 1 fully saturated rings. The smallest absolute Gasteiger partial charge is 0.261 e. The van der Waals surface area contributed by atoms with Crippen LogP contribution in [0.15, 0.2) is 77.7 Å². The van der Waals surface area contributed by atoms with Gasteiger partial charge in [-0.05, 0) is 67.1 Å². The van der Waals surface area contributed by atoms with Gasteiger partial charge in [0.05, 0.1) is 23.8 Å². The third-order valence-corrected chi connectivity index (χ3v) is 6.70. The quantitative estimate of drug-likeness (QED) is 0.594. The number of sulfonamides is 1. The summed E-state index contributed by atoms with van der Waals surface area (Å²) in [5, 5.41) is 2.81. The Morgan fingerprint density at radius 1 is 0.906 bits per heavy atom. The van der Waals surface area contributed by atoms with Crippen LogP contribution >= 0.6 is 0 Å². The maximum absolute atomic E-state index is 12.7. The molecule has 0 spiro atoms. The van der Waals surface area contributed by atoms with E-state index in [2.05, 4.69) is 14.9 Å². The summed E-state index contributed by atoms with van der Waals surface area (Å²) < 4.78 is 33.3.